The molecule has 0 aliphatic heterocycles. The standard InChI is InChI=1S/C15H18O2/c1-13-7-5-6-10-15(13)12-17-16-11-14-8-3-2-4-9-14/h2-5,7-9,15H,1,6,10-12H2. The van der Waals surface area contributed by atoms with Gasteiger partial charge in [0.15, 0.2) is 0 Å². The minimum atomic E-state index is 0.399. The van der Waals surface area contributed by atoms with Crippen LogP contribution in [0.15, 0.2) is 54.6 Å². The van der Waals surface area contributed by atoms with Gasteiger partial charge in [0, 0.05) is 5.92 Å². The van der Waals surface area contributed by atoms with Gasteiger partial charge in [-0.25, -0.2) is 9.78 Å². The van der Waals surface area contributed by atoms with Crippen LogP contribution in [0.1, 0.15) is 18.4 Å². The first-order valence-corrected chi connectivity index (χ1v) is 6.00. The smallest absolute Gasteiger partial charge is 0.107 e. The Morgan fingerprint density at radius 2 is 2.00 bits per heavy atom. The summed E-state index contributed by atoms with van der Waals surface area (Å²) in [7, 11) is 0. The van der Waals surface area contributed by atoms with Crippen molar-refractivity contribution in [3.05, 3.63) is 60.2 Å². The Morgan fingerprint density at radius 1 is 1.18 bits per heavy atom. The molecular weight excluding hydrogens is 212 g/mol. The summed E-state index contributed by atoms with van der Waals surface area (Å²) in [6.45, 7) is 5.10. The Morgan fingerprint density at radius 3 is 2.76 bits per heavy atom. The summed E-state index contributed by atoms with van der Waals surface area (Å²) < 4.78 is 0. The molecule has 0 N–H and O–H groups in total. The van der Waals surface area contributed by atoms with Crippen LogP contribution in [-0.2, 0) is 16.4 Å². The summed E-state index contributed by atoms with van der Waals surface area (Å²) in [4.78, 5) is 10.5. The van der Waals surface area contributed by atoms with Crippen LogP contribution in [0.2, 0.25) is 0 Å². The minimum Gasteiger partial charge on any atom is -0.236 e. The summed E-state index contributed by atoms with van der Waals surface area (Å²) >= 11 is 0. The molecular formula is C15H18O2. The molecule has 0 aromatic heterocycles. The molecule has 90 valence electrons. The van der Waals surface area contributed by atoms with E-state index in [0.717, 1.165) is 24.0 Å². The number of hydrogen-bond acceptors (Lipinski definition) is 2. The van der Waals surface area contributed by atoms with Crippen molar-refractivity contribution in [2.75, 3.05) is 6.61 Å². The van der Waals surface area contributed by atoms with E-state index < -0.39 is 0 Å². The molecule has 2 heteroatoms. The normalized spacial score (nSPS) is 19.5. The van der Waals surface area contributed by atoms with Crippen LogP contribution in [0.3, 0.4) is 0 Å². The van der Waals surface area contributed by atoms with E-state index in [9.17, 15) is 0 Å². The van der Waals surface area contributed by atoms with E-state index >= 15 is 0 Å². The van der Waals surface area contributed by atoms with E-state index in [1.165, 1.54) is 0 Å². The molecule has 0 spiro atoms. The van der Waals surface area contributed by atoms with Gasteiger partial charge < -0.3 is 0 Å². The zero-order valence-electron chi connectivity index (χ0n) is 9.97. The second kappa shape index (κ2) is 6.38. The van der Waals surface area contributed by atoms with E-state index in [4.69, 9.17) is 9.78 Å². The maximum atomic E-state index is 5.25. The quantitative estimate of drug-likeness (QED) is 0.436. The van der Waals surface area contributed by atoms with Gasteiger partial charge in [-0.05, 0) is 24.0 Å². The summed E-state index contributed by atoms with van der Waals surface area (Å²) in [5.41, 5.74) is 2.26. The lowest BCUT2D eigenvalue weighted by Gasteiger charge is -2.19. The fraction of sp³-hybridized carbons (Fsp3) is 0.333. The SMILES string of the molecule is C=C1C=CCCC1COOCc1ccccc1. The zero-order chi connectivity index (χ0) is 11.9. The van der Waals surface area contributed by atoms with Gasteiger partial charge in [0.1, 0.15) is 6.61 Å². The molecule has 1 atom stereocenters. The first kappa shape index (κ1) is 12.1. The predicted octanol–water partition coefficient (Wildman–Crippen LogP) is 3.66. The average Bonchev–Trinajstić information content (AvgIpc) is 2.38. The summed E-state index contributed by atoms with van der Waals surface area (Å²) in [6.07, 6.45) is 6.44. The van der Waals surface area contributed by atoms with E-state index in [1.807, 2.05) is 30.3 Å². The molecule has 2 rings (SSSR count). The number of benzene rings is 1. The van der Waals surface area contributed by atoms with Crippen molar-refractivity contribution in [3.8, 4) is 0 Å². The van der Waals surface area contributed by atoms with Gasteiger partial charge in [0.25, 0.3) is 0 Å². The van der Waals surface area contributed by atoms with Gasteiger partial charge in [-0.2, -0.15) is 0 Å². The van der Waals surface area contributed by atoms with E-state index in [2.05, 4.69) is 18.7 Å². The van der Waals surface area contributed by atoms with Crippen molar-refractivity contribution in [1.82, 2.24) is 0 Å². The maximum Gasteiger partial charge on any atom is 0.107 e. The molecule has 0 amide bonds. The summed E-state index contributed by atoms with van der Waals surface area (Å²) in [5.74, 6) is 0.399. The topological polar surface area (TPSA) is 18.5 Å². The second-order valence-electron chi connectivity index (χ2n) is 4.28. The lowest BCUT2D eigenvalue weighted by Crippen LogP contribution is -2.13. The Labute approximate surface area is 102 Å². The molecule has 1 aliphatic rings. The Bertz CT molecular complexity index is 381. The lowest BCUT2D eigenvalue weighted by molar-refractivity contribution is -0.308. The predicted molar refractivity (Wildman–Crippen MR) is 68.2 cm³/mol. The van der Waals surface area contributed by atoms with Crippen molar-refractivity contribution in [3.63, 3.8) is 0 Å². The third-order valence-electron chi connectivity index (χ3n) is 2.96. The number of allylic oxidation sites excluding steroid dienone is 2. The molecule has 1 aromatic carbocycles. The molecule has 0 bridgehead atoms. The first-order valence-electron chi connectivity index (χ1n) is 6.00. The summed E-state index contributed by atoms with van der Waals surface area (Å²) in [6, 6.07) is 10.0. The average molecular weight is 230 g/mol. The Balaban J connectivity index is 1.66. The summed E-state index contributed by atoms with van der Waals surface area (Å²) in [5, 5.41) is 0. The third kappa shape index (κ3) is 3.84. The number of rotatable bonds is 5. The van der Waals surface area contributed by atoms with Gasteiger partial charge in [-0.15, -0.1) is 0 Å². The molecule has 0 fully saturated rings. The van der Waals surface area contributed by atoms with Crippen LogP contribution >= 0.6 is 0 Å². The van der Waals surface area contributed by atoms with Crippen LogP contribution in [0.4, 0.5) is 0 Å². The minimum absolute atomic E-state index is 0.399. The largest absolute Gasteiger partial charge is 0.236 e. The molecule has 1 unspecified atom stereocenters. The highest BCUT2D eigenvalue weighted by atomic mass is 17.2. The molecule has 17 heavy (non-hydrogen) atoms. The second-order valence-corrected chi connectivity index (χ2v) is 4.28. The van der Waals surface area contributed by atoms with Crippen molar-refractivity contribution >= 4 is 0 Å². The van der Waals surface area contributed by atoms with Crippen LogP contribution in [0.5, 0.6) is 0 Å². The van der Waals surface area contributed by atoms with Gasteiger partial charge in [0.2, 0.25) is 0 Å². The highest BCUT2D eigenvalue weighted by Crippen LogP contribution is 2.22. The fourth-order valence-electron chi connectivity index (χ4n) is 1.86. The van der Waals surface area contributed by atoms with Gasteiger partial charge in [-0.1, -0.05) is 49.1 Å². The molecule has 0 heterocycles. The number of hydrogen-bond donors (Lipinski definition) is 0. The van der Waals surface area contributed by atoms with Crippen LogP contribution in [0.25, 0.3) is 0 Å². The molecule has 0 radical (unpaired) electrons. The van der Waals surface area contributed by atoms with Gasteiger partial charge in [-0.3, -0.25) is 0 Å². The third-order valence-corrected chi connectivity index (χ3v) is 2.96. The van der Waals surface area contributed by atoms with Crippen LogP contribution in [-0.4, -0.2) is 6.61 Å². The first-order chi connectivity index (χ1) is 8.36. The van der Waals surface area contributed by atoms with Crippen molar-refractivity contribution in [1.29, 1.82) is 0 Å². The van der Waals surface area contributed by atoms with Crippen LogP contribution < -0.4 is 0 Å². The van der Waals surface area contributed by atoms with Crippen molar-refractivity contribution < 1.29 is 9.78 Å². The van der Waals surface area contributed by atoms with Crippen molar-refractivity contribution in [2.24, 2.45) is 5.92 Å². The molecule has 1 aliphatic carbocycles. The van der Waals surface area contributed by atoms with E-state index in [0.29, 0.717) is 19.1 Å². The molecule has 1 aromatic rings. The van der Waals surface area contributed by atoms with E-state index in [1.54, 1.807) is 0 Å². The fourth-order valence-corrected chi connectivity index (χ4v) is 1.86. The van der Waals surface area contributed by atoms with E-state index in [-0.39, 0.29) is 0 Å². The van der Waals surface area contributed by atoms with Crippen molar-refractivity contribution in [2.45, 2.75) is 19.4 Å². The van der Waals surface area contributed by atoms with Gasteiger partial charge in [0.05, 0.1) is 6.61 Å². The maximum absolute atomic E-state index is 5.25. The van der Waals surface area contributed by atoms with Crippen LogP contribution in [0, 0.1) is 5.92 Å². The highest BCUT2D eigenvalue weighted by molar-refractivity contribution is 5.21. The monoisotopic (exact) mass is 230 g/mol. The Kier molecular flexibility index (Phi) is 4.54. The molecule has 0 saturated heterocycles. The molecule has 0 saturated carbocycles. The zero-order valence-corrected chi connectivity index (χ0v) is 9.97. The van der Waals surface area contributed by atoms with Gasteiger partial charge >= 0.3 is 0 Å². The molecule has 2 nitrogen and oxygen atoms in total. The lowest BCUT2D eigenvalue weighted by atomic mass is 9.91. The highest BCUT2D eigenvalue weighted by Gasteiger charge is 2.13. The Hall–Kier alpha value is -1.38.